The molecule has 7 heteroatoms. The van der Waals surface area contributed by atoms with Gasteiger partial charge in [0.05, 0.1) is 7.11 Å². The maximum atomic E-state index is 5.75. The summed E-state index contributed by atoms with van der Waals surface area (Å²) in [6, 6.07) is 7.25. The van der Waals surface area contributed by atoms with Crippen LogP contribution >= 0.6 is 11.6 Å². The van der Waals surface area contributed by atoms with Crippen molar-refractivity contribution in [3.63, 3.8) is 0 Å². The van der Waals surface area contributed by atoms with Gasteiger partial charge < -0.3 is 10.1 Å². The van der Waals surface area contributed by atoms with E-state index in [0.717, 1.165) is 5.69 Å². The summed E-state index contributed by atoms with van der Waals surface area (Å²) >= 11 is 5.75. The van der Waals surface area contributed by atoms with Gasteiger partial charge in [0.2, 0.25) is 0 Å². The molecular formula is C9H8ClN5O. The first-order valence-electron chi connectivity index (χ1n) is 4.42. The zero-order chi connectivity index (χ0) is 11.4. The lowest BCUT2D eigenvalue weighted by Crippen LogP contribution is -2.03. The normalized spacial score (nSPS) is 9.88. The van der Waals surface area contributed by atoms with Crippen molar-refractivity contribution < 1.29 is 4.74 Å². The number of hydrogen-bond acceptors (Lipinski definition) is 6. The van der Waals surface area contributed by atoms with Crippen LogP contribution < -0.4 is 10.1 Å². The molecule has 1 heterocycles. The fraction of sp³-hybridized carbons (Fsp3) is 0.111. The molecule has 0 aliphatic carbocycles. The lowest BCUT2D eigenvalue weighted by molar-refractivity contribution is 0.366. The molecule has 0 radical (unpaired) electrons. The molecule has 0 amide bonds. The first-order valence-corrected chi connectivity index (χ1v) is 4.80. The van der Waals surface area contributed by atoms with Crippen LogP contribution in [0.2, 0.25) is 5.02 Å². The third-order valence-electron chi connectivity index (χ3n) is 1.74. The Morgan fingerprint density at radius 3 is 2.25 bits per heavy atom. The van der Waals surface area contributed by atoms with E-state index in [4.69, 9.17) is 16.3 Å². The summed E-state index contributed by atoms with van der Waals surface area (Å²) in [4.78, 5) is 0. The summed E-state index contributed by atoms with van der Waals surface area (Å²) in [6.07, 6.45) is 0. The number of rotatable bonds is 3. The molecule has 0 aliphatic heterocycles. The van der Waals surface area contributed by atoms with Gasteiger partial charge in [0.15, 0.2) is 0 Å². The quantitative estimate of drug-likeness (QED) is 0.876. The number of hydrogen-bond donors (Lipinski definition) is 1. The van der Waals surface area contributed by atoms with Crippen LogP contribution in [0.4, 0.5) is 11.6 Å². The van der Waals surface area contributed by atoms with E-state index in [1.165, 1.54) is 7.11 Å². The van der Waals surface area contributed by atoms with Crippen LogP contribution in [0.5, 0.6) is 6.01 Å². The second kappa shape index (κ2) is 4.71. The van der Waals surface area contributed by atoms with Crippen LogP contribution in [0.3, 0.4) is 0 Å². The molecule has 1 N–H and O–H groups in total. The smallest absolute Gasteiger partial charge is 0.354 e. The van der Waals surface area contributed by atoms with Crippen molar-refractivity contribution in [3.05, 3.63) is 29.3 Å². The van der Waals surface area contributed by atoms with E-state index in [0.29, 0.717) is 11.0 Å². The number of methoxy groups -OCH3 is 1. The third-order valence-corrected chi connectivity index (χ3v) is 2.00. The second-order valence-electron chi connectivity index (χ2n) is 2.84. The third kappa shape index (κ3) is 2.54. The first-order chi connectivity index (χ1) is 7.78. The highest BCUT2D eigenvalue weighted by atomic mass is 35.5. The van der Waals surface area contributed by atoms with Gasteiger partial charge in [-0.2, -0.15) is 0 Å². The first kappa shape index (κ1) is 10.6. The molecule has 6 nitrogen and oxygen atoms in total. The summed E-state index contributed by atoms with van der Waals surface area (Å²) in [5.74, 6) is 0.295. The minimum Gasteiger partial charge on any atom is -0.465 e. The van der Waals surface area contributed by atoms with Crippen molar-refractivity contribution in [2.45, 2.75) is 0 Å². The van der Waals surface area contributed by atoms with Crippen LogP contribution in [0.1, 0.15) is 0 Å². The number of nitrogens with one attached hydrogen (secondary N) is 1. The monoisotopic (exact) mass is 237 g/mol. The molecule has 0 bridgehead atoms. The maximum absolute atomic E-state index is 5.75. The van der Waals surface area contributed by atoms with E-state index in [9.17, 15) is 0 Å². The average Bonchev–Trinajstić information content (AvgIpc) is 2.33. The number of ether oxygens (including phenoxy) is 1. The molecule has 0 fully saturated rings. The minimum absolute atomic E-state index is 0.127. The van der Waals surface area contributed by atoms with E-state index in [-0.39, 0.29) is 6.01 Å². The fourth-order valence-electron chi connectivity index (χ4n) is 1.01. The summed E-state index contributed by atoms with van der Waals surface area (Å²) in [5, 5.41) is 18.5. The van der Waals surface area contributed by atoms with Crippen LogP contribution in [0.25, 0.3) is 0 Å². The zero-order valence-electron chi connectivity index (χ0n) is 8.38. The molecule has 0 spiro atoms. The second-order valence-corrected chi connectivity index (χ2v) is 3.28. The highest BCUT2D eigenvalue weighted by Crippen LogP contribution is 2.15. The SMILES string of the molecule is COc1nnc(Nc2ccc(Cl)cc2)nn1. The highest BCUT2D eigenvalue weighted by molar-refractivity contribution is 6.30. The Bertz CT molecular complexity index is 458. The maximum Gasteiger partial charge on any atom is 0.354 e. The number of aromatic nitrogens is 4. The Hall–Kier alpha value is -1.95. The molecule has 2 aromatic rings. The molecule has 0 atom stereocenters. The predicted octanol–water partition coefficient (Wildman–Crippen LogP) is 1.67. The Morgan fingerprint density at radius 2 is 1.69 bits per heavy atom. The van der Waals surface area contributed by atoms with E-state index < -0.39 is 0 Å². The molecule has 0 saturated carbocycles. The van der Waals surface area contributed by atoms with Gasteiger partial charge in [-0.1, -0.05) is 21.8 Å². The van der Waals surface area contributed by atoms with Crippen molar-refractivity contribution in [2.24, 2.45) is 0 Å². The summed E-state index contributed by atoms with van der Waals surface area (Å²) in [5.41, 5.74) is 0.804. The Morgan fingerprint density at radius 1 is 1.06 bits per heavy atom. The van der Waals surface area contributed by atoms with E-state index in [1.54, 1.807) is 24.3 Å². The van der Waals surface area contributed by atoms with Crippen molar-refractivity contribution in [2.75, 3.05) is 12.4 Å². The van der Waals surface area contributed by atoms with Gasteiger partial charge in [0.25, 0.3) is 5.95 Å². The number of benzene rings is 1. The molecule has 1 aromatic carbocycles. The molecule has 0 unspecified atom stereocenters. The van der Waals surface area contributed by atoms with Crippen molar-refractivity contribution in [1.29, 1.82) is 0 Å². The molecule has 1 aromatic heterocycles. The molecule has 2 rings (SSSR count). The van der Waals surface area contributed by atoms with Crippen molar-refractivity contribution in [1.82, 2.24) is 20.4 Å². The number of halogens is 1. The van der Waals surface area contributed by atoms with Gasteiger partial charge in [-0.15, -0.1) is 10.2 Å². The largest absolute Gasteiger partial charge is 0.465 e. The average molecular weight is 238 g/mol. The zero-order valence-corrected chi connectivity index (χ0v) is 9.14. The molecule has 16 heavy (non-hydrogen) atoms. The predicted molar refractivity (Wildman–Crippen MR) is 58.9 cm³/mol. The summed E-state index contributed by atoms with van der Waals surface area (Å²) in [6.45, 7) is 0. The fourth-order valence-corrected chi connectivity index (χ4v) is 1.14. The van der Waals surface area contributed by atoms with Gasteiger partial charge in [0, 0.05) is 10.7 Å². The van der Waals surface area contributed by atoms with Gasteiger partial charge in [0.1, 0.15) is 0 Å². The van der Waals surface area contributed by atoms with Crippen LogP contribution in [-0.2, 0) is 0 Å². The molecular weight excluding hydrogens is 230 g/mol. The molecule has 0 aliphatic rings. The Kier molecular flexibility index (Phi) is 3.11. The van der Waals surface area contributed by atoms with Crippen LogP contribution in [-0.4, -0.2) is 27.5 Å². The van der Waals surface area contributed by atoms with Gasteiger partial charge in [-0.05, 0) is 24.3 Å². The minimum atomic E-state index is 0.127. The topological polar surface area (TPSA) is 72.8 Å². The lowest BCUT2D eigenvalue weighted by Gasteiger charge is -2.02. The molecule has 0 saturated heterocycles. The van der Waals surface area contributed by atoms with Crippen LogP contribution in [0.15, 0.2) is 24.3 Å². The Balaban J connectivity index is 2.11. The lowest BCUT2D eigenvalue weighted by atomic mass is 10.3. The van der Waals surface area contributed by atoms with Gasteiger partial charge >= 0.3 is 6.01 Å². The standard InChI is InChI=1S/C9H8ClN5O/c1-16-9-14-12-8(13-15-9)11-7-4-2-6(10)3-5-7/h2-5H,1H3,(H,11,12,13). The molecule has 82 valence electrons. The van der Waals surface area contributed by atoms with Crippen molar-refractivity contribution >= 4 is 23.2 Å². The highest BCUT2D eigenvalue weighted by Gasteiger charge is 2.00. The summed E-state index contributed by atoms with van der Waals surface area (Å²) < 4.78 is 4.74. The van der Waals surface area contributed by atoms with Gasteiger partial charge in [-0.3, -0.25) is 0 Å². The van der Waals surface area contributed by atoms with Gasteiger partial charge in [-0.25, -0.2) is 0 Å². The number of anilines is 2. The van der Waals surface area contributed by atoms with E-state index in [1.807, 2.05) is 0 Å². The van der Waals surface area contributed by atoms with Crippen molar-refractivity contribution in [3.8, 4) is 6.01 Å². The van der Waals surface area contributed by atoms with Crippen LogP contribution in [0, 0.1) is 0 Å². The Labute approximate surface area is 96.6 Å². The van der Waals surface area contributed by atoms with E-state index >= 15 is 0 Å². The summed E-state index contributed by atoms with van der Waals surface area (Å²) in [7, 11) is 1.45. The number of nitrogens with zero attached hydrogens (tertiary/aromatic N) is 4. The van der Waals surface area contributed by atoms with E-state index in [2.05, 4.69) is 25.7 Å².